The highest BCUT2D eigenvalue weighted by Crippen LogP contribution is 2.30. The van der Waals surface area contributed by atoms with E-state index in [1.54, 1.807) is 43.5 Å². The Hall–Kier alpha value is -3.34. The molecule has 0 unspecified atom stereocenters. The number of likely N-dealkylation sites (N-methyl/N-ethyl adjacent to an activating group) is 2. The zero-order valence-electron chi connectivity index (χ0n) is 20.1. The van der Waals surface area contributed by atoms with Gasteiger partial charge in [-0.2, -0.15) is 5.26 Å². The molecule has 0 aliphatic rings. The molecule has 3 aromatic rings. The van der Waals surface area contributed by atoms with Crippen molar-refractivity contribution in [3.05, 3.63) is 64.3 Å². The average Bonchev–Trinajstić information content (AvgIpc) is 2.86. The fourth-order valence-corrected chi connectivity index (χ4v) is 4.04. The minimum absolute atomic E-state index is 0.126. The van der Waals surface area contributed by atoms with E-state index in [0.717, 1.165) is 30.6 Å². The third-order valence-electron chi connectivity index (χ3n) is 5.91. The number of carbonyl (C=O) groups is 1. The lowest BCUT2D eigenvalue weighted by Gasteiger charge is -2.24. The molecule has 7 nitrogen and oxygen atoms in total. The second-order valence-electron chi connectivity index (χ2n) is 7.97. The van der Waals surface area contributed by atoms with E-state index in [-0.39, 0.29) is 5.91 Å². The number of halogens is 1. The molecule has 2 aromatic carbocycles. The van der Waals surface area contributed by atoms with Crippen LogP contribution in [0.15, 0.2) is 42.6 Å². The Kier molecular flexibility index (Phi) is 8.69. The molecule has 1 aromatic heterocycles. The Morgan fingerprint density at radius 3 is 2.59 bits per heavy atom. The van der Waals surface area contributed by atoms with Crippen LogP contribution in [0.3, 0.4) is 0 Å². The van der Waals surface area contributed by atoms with Gasteiger partial charge in [0.2, 0.25) is 0 Å². The van der Waals surface area contributed by atoms with Crippen molar-refractivity contribution in [3.63, 3.8) is 0 Å². The fraction of sp³-hybridized carbons (Fsp3) is 0.346. The maximum atomic E-state index is 13.4. The number of aromatic nitrogens is 1. The molecule has 0 radical (unpaired) electrons. The summed E-state index contributed by atoms with van der Waals surface area (Å²) in [4.78, 5) is 21.9. The predicted molar refractivity (Wildman–Crippen MR) is 137 cm³/mol. The molecule has 0 saturated carbocycles. The first-order valence-corrected chi connectivity index (χ1v) is 11.7. The van der Waals surface area contributed by atoms with Crippen LogP contribution < -0.4 is 10.1 Å². The number of hydrogen-bond acceptors (Lipinski definition) is 6. The third kappa shape index (κ3) is 5.77. The molecule has 0 aliphatic heterocycles. The number of ether oxygens (including phenoxy) is 1. The van der Waals surface area contributed by atoms with Crippen molar-refractivity contribution < 1.29 is 9.53 Å². The molecule has 1 N–H and O–H groups in total. The SMILES string of the molecule is CCN(CC)CCN(C)C(=O)c1cnc2ccc(C#N)cc2c1NCc1ccc(OC)c(Cl)c1. The highest BCUT2D eigenvalue weighted by molar-refractivity contribution is 6.32. The first kappa shape index (κ1) is 25.3. The number of methoxy groups -OCH3 is 1. The van der Waals surface area contributed by atoms with Gasteiger partial charge in [0.25, 0.3) is 5.91 Å². The molecule has 0 bridgehead atoms. The minimum Gasteiger partial charge on any atom is -0.495 e. The van der Waals surface area contributed by atoms with Gasteiger partial charge >= 0.3 is 0 Å². The molecule has 3 rings (SSSR count). The maximum Gasteiger partial charge on any atom is 0.257 e. The molecule has 1 heterocycles. The zero-order chi connectivity index (χ0) is 24.7. The number of nitriles is 1. The van der Waals surface area contributed by atoms with Crippen molar-refractivity contribution in [2.45, 2.75) is 20.4 Å². The van der Waals surface area contributed by atoms with E-state index >= 15 is 0 Å². The van der Waals surface area contributed by atoms with E-state index in [0.29, 0.717) is 46.2 Å². The number of anilines is 1. The summed E-state index contributed by atoms with van der Waals surface area (Å²) in [6.45, 7) is 7.92. The van der Waals surface area contributed by atoms with Crippen molar-refractivity contribution in [1.82, 2.24) is 14.8 Å². The van der Waals surface area contributed by atoms with Gasteiger partial charge in [0.05, 0.1) is 40.5 Å². The van der Waals surface area contributed by atoms with Gasteiger partial charge in [-0.05, 0) is 49.0 Å². The number of benzene rings is 2. The van der Waals surface area contributed by atoms with Crippen molar-refractivity contribution in [3.8, 4) is 11.8 Å². The molecular formula is C26H30ClN5O2. The first-order chi connectivity index (χ1) is 16.4. The fourth-order valence-electron chi connectivity index (χ4n) is 3.76. The summed E-state index contributed by atoms with van der Waals surface area (Å²) in [5.74, 6) is 0.475. The molecule has 0 aliphatic carbocycles. The smallest absolute Gasteiger partial charge is 0.257 e. The molecule has 1 amide bonds. The standard InChI is InChI=1S/C26H30ClN5O2/c1-5-32(6-2)12-11-31(3)26(33)21-17-29-23-9-7-18(15-28)13-20(23)25(21)30-16-19-8-10-24(34-4)22(27)14-19/h7-10,13-14,17H,5-6,11-12,16H2,1-4H3,(H,29,30). The summed E-state index contributed by atoms with van der Waals surface area (Å²) < 4.78 is 5.23. The van der Waals surface area contributed by atoms with Gasteiger partial charge < -0.3 is 19.9 Å². The van der Waals surface area contributed by atoms with Crippen LogP contribution >= 0.6 is 11.6 Å². The number of nitrogens with zero attached hydrogens (tertiary/aromatic N) is 4. The van der Waals surface area contributed by atoms with Crippen molar-refractivity contribution in [2.24, 2.45) is 0 Å². The lowest BCUT2D eigenvalue weighted by molar-refractivity contribution is 0.0780. The van der Waals surface area contributed by atoms with E-state index in [1.807, 2.05) is 18.2 Å². The molecule has 0 spiro atoms. The lowest BCUT2D eigenvalue weighted by atomic mass is 10.1. The van der Waals surface area contributed by atoms with Gasteiger partial charge in [-0.1, -0.05) is 31.5 Å². The van der Waals surface area contributed by atoms with Gasteiger partial charge in [-0.25, -0.2) is 0 Å². The quantitative estimate of drug-likeness (QED) is 0.450. The summed E-state index contributed by atoms with van der Waals surface area (Å²) in [6.07, 6.45) is 1.61. The number of rotatable bonds is 10. The Labute approximate surface area is 205 Å². The van der Waals surface area contributed by atoms with Crippen molar-refractivity contribution >= 4 is 34.1 Å². The van der Waals surface area contributed by atoms with Crippen LogP contribution in [0, 0.1) is 11.3 Å². The van der Waals surface area contributed by atoms with E-state index in [2.05, 4.69) is 35.1 Å². The minimum atomic E-state index is -0.126. The molecule has 34 heavy (non-hydrogen) atoms. The maximum absolute atomic E-state index is 13.4. The topological polar surface area (TPSA) is 81.5 Å². The monoisotopic (exact) mass is 479 g/mol. The van der Waals surface area contributed by atoms with Crippen LogP contribution in [0.2, 0.25) is 5.02 Å². The molecule has 0 fully saturated rings. The van der Waals surface area contributed by atoms with Gasteiger partial charge in [0.15, 0.2) is 0 Å². The Morgan fingerprint density at radius 2 is 1.94 bits per heavy atom. The summed E-state index contributed by atoms with van der Waals surface area (Å²) in [5.41, 5.74) is 3.25. The van der Waals surface area contributed by atoms with Crippen LogP contribution in [0.4, 0.5) is 5.69 Å². The van der Waals surface area contributed by atoms with E-state index in [4.69, 9.17) is 16.3 Å². The average molecular weight is 480 g/mol. The van der Waals surface area contributed by atoms with Gasteiger partial charge in [0.1, 0.15) is 5.75 Å². The van der Waals surface area contributed by atoms with Crippen LogP contribution in [-0.2, 0) is 6.54 Å². The Morgan fingerprint density at radius 1 is 1.18 bits per heavy atom. The van der Waals surface area contributed by atoms with Crippen LogP contribution in [0.1, 0.15) is 35.3 Å². The largest absolute Gasteiger partial charge is 0.495 e. The number of nitrogens with one attached hydrogen (secondary N) is 1. The summed E-state index contributed by atoms with van der Waals surface area (Å²) >= 11 is 6.29. The molecular weight excluding hydrogens is 450 g/mol. The van der Waals surface area contributed by atoms with Crippen LogP contribution in [-0.4, -0.2) is 61.0 Å². The molecule has 0 saturated heterocycles. The van der Waals surface area contributed by atoms with Crippen LogP contribution in [0.25, 0.3) is 10.9 Å². The zero-order valence-corrected chi connectivity index (χ0v) is 20.8. The predicted octanol–water partition coefficient (Wildman–Crippen LogP) is 4.79. The third-order valence-corrected chi connectivity index (χ3v) is 6.20. The number of carbonyl (C=O) groups excluding carboxylic acids is 1. The Bertz CT molecular complexity index is 1200. The Balaban J connectivity index is 1.95. The second-order valence-corrected chi connectivity index (χ2v) is 8.37. The summed E-state index contributed by atoms with van der Waals surface area (Å²) in [5, 5.41) is 14.1. The number of hydrogen-bond donors (Lipinski definition) is 1. The van der Waals surface area contributed by atoms with E-state index < -0.39 is 0 Å². The second kappa shape index (κ2) is 11.7. The molecule has 0 atom stereocenters. The van der Waals surface area contributed by atoms with Crippen LogP contribution in [0.5, 0.6) is 5.75 Å². The van der Waals surface area contributed by atoms with Gasteiger partial charge in [-0.3, -0.25) is 9.78 Å². The lowest BCUT2D eigenvalue weighted by Crippen LogP contribution is -2.36. The highest BCUT2D eigenvalue weighted by Gasteiger charge is 2.20. The molecule has 8 heteroatoms. The molecule has 178 valence electrons. The number of amides is 1. The van der Waals surface area contributed by atoms with Gasteiger partial charge in [0, 0.05) is 38.3 Å². The van der Waals surface area contributed by atoms with E-state index in [1.165, 1.54) is 0 Å². The van der Waals surface area contributed by atoms with Gasteiger partial charge in [-0.15, -0.1) is 0 Å². The number of pyridine rings is 1. The normalized spacial score (nSPS) is 10.9. The van der Waals surface area contributed by atoms with Crippen molar-refractivity contribution in [1.29, 1.82) is 5.26 Å². The van der Waals surface area contributed by atoms with Crippen molar-refractivity contribution in [2.75, 3.05) is 45.7 Å². The highest BCUT2D eigenvalue weighted by atomic mass is 35.5. The number of fused-ring (bicyclic) bond motifs is 1. The summed E-state index contributed by atoms with van der Waals surface area (Å²) in [6, 6.07) is 13.0. The summed E-state index contributed by atoms with van der Waals surface area (Å²) in [7, 11) is 3.37. The first-order valence-electron chi connectivity index (χ1n) is 11.3. The van der Waals surface area contributed by atoms with E-state index in [9.17, 15) is 10.1 Å².